The van der Waals surface area contributed by atoms with E-state index in [0.717, 1.165) is 18.3 Å². The molecular weight excluding hydrogens is 148 g/mol. The first-order chi connectivity index (χ1) is 5.83. The van der Waals surface area contributed by atoms with E-state index in [-0.39, 0.29) is 6.10 Å². The number of unbranched alkanes of at least 4 members (excludes halogenated alkanes) is 1. The lowest BCUT2D eigenvalue weighted by molar-refractivity contribution is 0.0991. The molecule has 0 unspecified atom stereocenters. The maximum Gasteiger partial charge on any atom is 0.0573 e. The van der Waals surface area contributed by atoms with E-state index in [9.17, 15) is 5.11 Å². The van der Waals surface area contributed by atoms with Crippen LogP contribution in [0.25, 0.3) is 0 Å². The molecule has 0 aliphatic heterocycles. The number of aliphatic hydroxyl groups is 1. The fourth-order valence-electron chi connectivity index (χ4n) is 3.07. The normalized spacial score (nSPS) is 45.5. The molecule has 1 N–H and O–H groups in total. The van der Waals surface area contributed by atoms with Gasteiger partial charge in [-0.2, -0.15) is 0 Å². The molecule has 70 valence electrons. The third-order valence-electron chi connectivity index (χ3n) is 3.96. The zero-order valence-electron chi connectivity index (χ0n) is 8.00. The van der Waals surface area contributed by atoms with E-state index >= 15 is 0 Å². The van der Waals surface area contributed by atoms with E-state index < -0.39 is 0 Å². The number of hydrogen-bond donors (Lipinski definition) is 1. The molecule has 12 heavy (non-hydrogen) atoms. The second kappa shape index (κ2) is 3.37. The van der Waals surface area contributed by atoms with E-state index in [1.807, 2.05) is 0 Å². The summed E-state index contributed by atoms with van der Waals surface area (Å²) in [5.74, 6) is 2.48. The fraction of sp³-hybridized carbons (Fsp3) is 1.00. The van der Waals surface area contributed by atoms with E-state index in [2.05, 4.69) is 6.92 Å². The molecule has 1 nitrogen and oxygen atoms in total. The van der Waals surface area contributed by atoms with Crippen molar-refractivity contribution in [3.63, 3.8) is 0 Å². The van der Waals surface area contributed by atoms with Gasteiger partial charge < -0.3 is 5.11 Å². The summed E-state index contributed by atoms with van der Waals surface area (Å²) in [5, 5.41) is 9.80. The van der Waals surface area contributed by atoms with Crippen molar-refractivity contribution in [2.45, 2.75) is 51.6 Å². The highest BCUT2D eigenvalue weighted by molar-refractivity contribution is 4.96. The van der Waals surface area contributed by atoms with Crippen molar-refractivity contribution in [3.05, 3.63) is 0 Å². The highest BCUT2D eigenvalue weighted by Crippen LogP contribution is 2.51. The molecule has 4 atom stereocenters. The standard InChI is InChI=1S/C11H20O/c1-2-3-4-10-9-6-5-8(9)7-11(10)12/h8-12H,2-7H2,1H3/t8-,9-,10+,11+/m1/s1. The molecule has 0 saturated heterocycles. The zero-order valence-corrected chi connectivity index (χ0v) is 8.00. The lowest BCUT2D eigenvalue weighted by Gasteiger charge is -2.34. The van der Waals surface area contributed by atoms with Gasteiger partial charge in [0.15, 0.2) is 0 Å². The lowest BCUT2D eigenvalue weighted by Crippen LogP contribution is -2.26. The molecular formula is C11H20O. The van der Waals surface area contributed by atoms with E-state index in [0.29, 0.717) is 5.92 Å². The van der Waals surface area contributed by atoms with Gasteiger partial charge in [0.05, 0.1) is 6.10 Å². The first-order valence-electron chi connectivity index (χ1n) is 5.51. The van der Waals surface area contributed by atoms with Crippen LogP contribution in [0.1, 0.15) is 45.4 Å². The van der Waals surface area contributed by atoms with E-state index in [1.54, 1.807) is 0 Å². The maximum atomic E-state index is 9.80. The van der Waals surface area contributed by atoms with Gasteiger partial charge in [-0.1, -0.05) is 19.8 Å². The SMILES string of the molecule is CCCC[C@H]1[C@@H]2CC[C@@H]2C[C@@H]1O. The molecule has 0 radical (unpaired) electrons. The van der Waals surface area contributed by atoms with Crippen LogP contribution >= 0.6 is 0 Å². The maximum absolute atomic E-state index is 9.80. The first-order valence-corrected chi connectivity index (χ1v) is 5.51. The Bertz CT molecular complexity index is 155. The molecule has 0 aromatic rings. The zero-order chi connectivity index (χ0) is 8.55. The van der Waals surface area contributed by atoms with Gasteiger partial charge in [-0.3, -0.25) is 0 Å². The van der Waals surface area contributed by atoms with Gasteiger partial charge in [0.2, 0.25) is 0 Å². The Hall–Kier alpha value is -0.0400. The molecule has 1 heteroatoms. The monoisotopic (exact) mass is 168 g/mol. The number of hydrogen-bond acceptors (Lipinski definition) is 1. The number of rotatable bonds is 3. The molecule has 2 aliphatic rings. The molecule has 0 heterocycles. The minimum Gasteiger partial charge on any atom is -0.393 e. The Balaban J connectivity index is 1.86. The minimum absolute atomic E-state index is 0.0500. The Kier molecular flexibility index (Phi) is 2.40. The second-order valence-electron chi connectivity index (χ2n) is 4.61. The van der Waals surface area contributed by atoms with Gasteiger partial charge in [-0.25, -0.2) is 0 Å². The predicted octanol–water partition coefficient (Wildman–Crippen LogP) is 2.58. The van der Waals surface area contributed by atoms with Crippen LogP contribution in [0.4, 0.5) is 0 Å². The molecule has 2 fully saturated rings. The Morgan fingerprint density at radius 3 is 2.67 bits per heavy atom. The summed E-state index contributed by atoms with van der Waals surface area (Å²) in [4.78, 5) is 0. The van der Waals surface area contributed by atoms with Crippen molar-refractivity contribution in [1.82, 2.24) is 0 Å². The average molecular weight is 168 g/mol. The second-order valence-corrected chi connectivity index (χ2v) is 4.61. The van der Waals surface area contributed by atoms with Crippen LogP contribution in [-0.4, -0.2) is 11.2 Å². The smallest absolute Gasteiger partial charge is 0.0573 e. The van der Waals surface area contributed by atoms with Crippen molar-refractivity contribution < 1.29 is 5.11 Å². The van der Waals surface area contributed by atoms with Crippen LogP contribution in [-0.2, 0) is 0 Å². The highest BCUT2D eigenvalue weighted by Gasteiger charge is 2.46. The van der Waals surface area contributed by atoms with Crippen LogP contribution in [0.5, 0.6) is 0 Å². The van der Waals surface area contributed by atoms with Crippen LogP contribution in [0.15, 0.2) is 0 Å². The minimum atomic E-state index is 0.0500. The molecule has 0 spiro atoms. The molecule has 2 aliphatic carbocycles. The lowest BCUT2D eigenvalue weighted by atomic mass is 9.71. The molecule has 0 aromatic heterocycles. The summed E-state index contributed by atoms with van der Waals surface area (Å²) in [6.07, 6.45) is 7.82. The van der Waals surface area contributed by atoms with Crippen molar-refractivity contribution in [3.8, 4) is 0 Å². The summed E-state index contributed by atoms with van der Waals surface area (Å²) in [6.45, 7) is 2.24. The first kappa shape index (κ1) is 8.55. The topological polar surface area (TPSA) is 20.2 Å². The Morgan fingerprint density at radius 1 is 1.33 bits per heavy atom. The van der Waals surface area contributed by atoms with E-state index in [4.69, 9.17) is 0 Å². The van der Waals surface area contributed by atoms with Crippen molar-refractivity contribution in [1.29, 1.82) is 0 Å². The van der Waals surface area contributed by atoms with Gasteiger partial charge in [0.1, 0.15) is 0 Å². The molecule has 0 aromatic carbocycles. The number of aliphatic hydroxyl groups excluding tert-OH is 1. The van der Waals surface area contributed by atoms with Crippen molar-refractivity contribution in [2.75, 3.05) is 0 Å². The third-order valence-corrected chi connectivity index (χ3v) is 3.96. The van der Waals surface area contributed by atoms with Crippen LogP contribution in [0.2, 0.25) is 0 Å². The molecule has 2 rings (SSSR count). The third kappa shape index (κ3) is 1.28. The van der Waals surface area contributed by atoms with Crippen LogP contribution < -0.4 is 0 Å². The molecule has 2 saturated carbocycles. The predicted molar refractivity (Wildman–Crippen MR) is 49.9 cm³/mol. The summed E-state index contributed by atoms with van der Waals surface area (Å²) in [7, 11) is 0. The van der Waals surface area contributed by atoms with Crippen LogP contribution in [0, 0.1) is 17.8 Å². The highest BCUT2D eigenvalue weighted by atomic mass is 16.3. The van der Waals surface area contributed by atoms with Gasteiger partial charge in [0.25, 0.3) is 0 Å². The Morgan fingerprint density at radius 2 is 2.17 bits per heavy atom. The van der Waals surface area contributed by atoms with Gasteiger partial charge in [0, 0.05) is 0 Å². The van der Waals surface area contributed by atoms with Gasteiger partial charge in [-0.15, -0.1) is 0 Å². The quantitative estimate of drug-likeness (QED) is 0.686. The molecule has 0 bridgehead atoms. The Labute approximate surface area is 75.2 Å². The summed E-state index contributed by atoms with van der Waals surface area (Å²) >= 11 is 0. The van der Waals surface area contributed by atoms with Gasteiger partial charge in [-0.05, 0) is 43.4 Å². The average Bonchev–Trinajstić information content (AvgIpc) is 2.23. The van der Waals surface area contributed by atoms with Crippen molar-refractivity contribution in [2.24, 2.45) is 17.8 Å². The fourth-order valence-corrected chi connectivity index (χ4v) is 3.07. The van der Waals surface area contributed by atoms with Crippen molar-refractivity contribution >= 4 is 0 Å². The molecule has 0 amide bonds. The largest absolute Gasteiger partial charge is 0.393 e. The summed E-state index contributed by atoms with van der Waals surface area (Å²) in [5.41, 5.74) is 0. The number of fused-ring (bicyclic) bond motifs is 1. The van der Waals surface area contributed by atoms with E-state index in [1.165, 1.54) is 32.1 Å². The summed E-state index contributed by atoms with van der Waals surface area (Å²) in [6, 6.07) is 0. The van der Waals surface area contributed by atoms with Gasteiger partial charge >= 0.3 is 0 Å². The summed E-state index contributed by atoms with van der Waals surface area (Å²) < 4.78 is 0. The van der Waals surface area contributed by atoms with Crippen LogP contribution in [0.3, 0.4) is 0 Å².